The van der Waals surface area contributed by atoms with Crippen molar-refractivity contribution < 1.29 is 19.4 Å². The van der Waals surface area contributed by atoms with Gasteiger partial charge < -0.3 is 14.7 Å². The summed E-state index contributed by atoms with van der Waals surface area (Å²) in [6, 6.07) is 0. The van der Waals surface area contributed by atoms with E-state index in [2.05, 4.69) is 6.58 Å². The van der Waals surface area contributed by atoms with Gasteiger partial charge in [-0.3, -0.25) is 4.79 Å². The summed E-state index contributed by atoms with van der Waals surface area (Å²) in [7, 11) is 0. The molecule has 0 aromatic carbocycles. The van der Waals surface area contributed by atoms with Gasteiger partial charge in [-0.05, 0) is 25.2 Å². The van der Waals surface area contributed by atoms with Gasteiger partial charge in [-0.2, -0.15) is 0 Å². The Labute approximate surface area is 119 Å². The summed E-state index contributed by atoms with van der Waals surface area (Å²) in [4.78, 5) is 25.2. The number of hydrogen-bond acceptors (Lipinski definition) is 3. The Hall–Kier alpha value is -1.52. The standard InChI is InChI=1S/C15H23NO4/c1-2-10-20-14(19)16-9-8-15(11-16,13(17)18)12-6-4-3-5-7-12/h2,12H,1,3-11H2,(H,17,18). The highest BCUT2D eigenvalue weighted by Gasteiger charge is 2.51. The quantitative estimate of drug-likeness (QED) is 0.804. The molecule has 0 spiro atoms. The molecule has 1 saturated carbocycles. The molecule has 0 aromatic rings. The van der Waals surface area contributed by atoms with E-state index in [9.17, 15) is 14.7 Å². The third-order valence-electron chi connectivity index (χ3n) is 4.70. The van der Waals surface area contributed by atoms with Crippen molar-refractivity contribution in [2.45, 2.75) is 38.5 Å². The van der Waals surface area contributed by atoms with Gasteiger partial charge in [-0.15, -0.1) is 0 Å². The minimum atomic E-state index is -0.770. The van der Waals surface area contributed by atoms with Gasteiger partial charge in [0.25, 0.3) is 0 Å². The summed E-state index contributed by atoms with van der Waals surface area (Å²) < 4.78 is 5.01. The molecule has 2 rings (SSSR count). The Morgan fingerprint density at radius 1 is 1.35 bits per heavy atom. The lowest BCUT2D eigenvalue weighted by atomic mass is 9.68. The first-order valence-electron chi connectivity index (χ1n) is 7.36. The molecule has 0 radical (unpaired) electrons. The molecule has 1 aliphatic heterocycles. The van der Waals surface area contributed by atoms with E-state index in [1.807, 2.05) is 0 Å². The van der Waals surface area contributed by atoms with Crippen LogP contribution in [0.25, 0.3) is 0 Å². The summed E-state index contributed by atoms with van der Waals surface area (Å²) in [5, 5.41) is 9.70. The zero-order valence-electron chi connectivity index (χ0n) is 11.8. The Balaban J connectivity index is 2.06. The Morgan fingerprint density at radius 3 is 2.65 bits per heavy atom. The molecule has 1 aliphatic carbocycles. The van der Waals surface area contributed by atoms with Gasteiger partial charge in [0.1, 0.15) is 6.61 Å². The molecule has 2 fully saturated rings. The van der Waals surface area contributed by atoms with Gasteiger partial charge in [-0.1, -0.05) is 31.9 Å². The Kier molecular flexibility index (Phi) is 4.68. The second kappa shape index (κ2) is 6.29. The van der Waals surface area contributed by atoms with Crippen LogP contribution < -0.4 is 0 Å². The van der Waals surface area contributed by atoms with E-state index >= 15 is 0 Å². The average molecular weight is 281 g/mol. The summed E-state index contributed by atoms with van der Waals surface area (Å²) in [6.07, 6.45) is 6.93. The normalized spacial score (nSPS) is 27.3. The lowest BCUT2D eigenvalue weighted by Gasteiger charge is -2.36. The van der Waals surface area contributed by atoms with E-state index in [0.717, 1.165) is 25.7 Å². The van der Waals surface area contributed by atoms with Gasteiger partial charge in [0.2, 0.25) is 0 Å². The second-order valence-corrected chi connectivity index (χ2v) is 5.83. The van der Waals surface area contributed by atoms with Crippen LogP contribution in [-0.4, -0.2) is 41.8 Å². The zero-order chi connectivity index (χ0) is 14.6. The fourth-order valence-corrected chi connectivity index (χ4v) is 3.55. The van der Waals surface area contributed by atoms with E-state index in [0.29, 0.717) is 13.0 Å². The molecular weight excluding hydrogens is 258 g/mol. The first-order valence-corrected chi connectivity index (χ1v) is 7.36. The summed E-state index contributed by atoms with van der Waals surface area (Å²) >= 11 is 0. The van der Waals surface area contributed by atoms with Crippen molar-refractivity contribution in [2.75, 3.05) is 19.7 Å². The van der Waals surface area contributed by atoms with Gasteiger partial charge in [0, 0.05) is 13.1 Å². The molecule has 1 atom stereocenters. The van der Waals surface area contributed by atoms with Crippen molar-refractivity contribution >= 4 is 12.1 Å². The van der Waals surface area contributed by atoms with Gasteiger partial charge in [0.05, 0.1) is 5.41 Å². The predicted molar refractivity (Wildman–Crippen MR) is 74.4 cm³/mol. The molecule has 20 heavy (non-hydrogen) atoms. The highest BCUT2D eigenvalue weighted by atomic mass is 16.6. The smallest absolute Gasteiger partial charge is 0.410 e. The highest BCUT2D eigenvalue weighted by Crippen LogP contribution is 2.45. The number of amides is 1. The summed E-state index contributed by atoms with van der Waals surface area (Å²) in [5.41, 5.74) is -0.770. The molecule has 1 saturated heterocycles. The molecule has 5 heteroatoms. The number of carbonyl (C=O) groups excluding carboxylic acids is 1. The van der Waals surface area contributed by atoms with Crippen molar-refractivity contribution in [3.05, 3.63) is 12.7 Å². The molecule has 1 unspecified atom stereocenters. The highest BCUT2D eigenvalue weighted by molar-refractivity contribution is 5.78. The monoisotopic (exact) mass is 281 g/mol. The molecule has 1 amide bonds. The maximum absolute atomic E-state index is 11.9. The van der Waals surface area contributed by atoms with Crippen LogP contribution >= 0.6 is 0 Å². The van der Waals surface area contributed by atoms with Crippen LogP contribution in [0.4, 0.5) is 4.79 Å². The van der Waals surface area contributed by atoms with Crippen LogP contribution in [0.15, 0.2) is 12.7 Å². The Bertz CT molecular complexity index is 389. The fraction of sp³-hybridized carbons (Fsp3) is 0.733. The van der Waals surface area contributed by atoms with Crippen molar-refractivity contribution in [3.8, 4) is 0 Å². The average Bonchev–Trinajstić information content (AvgIpc) is 2.92. The summed E-state index contributed by atoms with van der Waals surface area (Å²) in [5.74, 6) is -0.575. The van der Waals surface area contributed by atoms with Crippen LogP contribution in [0.5, 0.6) is 0 Å². The van der Waals surface area contributed by atoms with E-state index in [4.69, 9.17) is 4.74 Å². The second-order valence-electron chi connectivity index (χ2n) is 5.83. The number of nitrogens with zero attached hydrogens (tertiary/aromatic N) is 1. The maximum Gasteiger partial charge on any atom is 0.410 e. The number of rotatable bonds is 4. The molecule has 1 heterocycles. The number of carboxylic acid groups (broad SMARTS) is 1. The maximum atomic E-state index is 11.9. The van der Waals surface area contributed by atoms with Crippen LogP contribution in [0.3, 0.4) is 0 Å². The first-order chi connectivity index (χ1) is 9.60. The van der Waals surface area contributed by atoms with Gasteiger partial charge >= 0.3 is 12.1 Å². The van der Waals surface area contributed by atoms with E-state index in [1.165, 1.54) is 17.4 Å². The number of carbonyl (C=O) groups is 2. The number of likely N-dealkylation sites (tertiary alicyclic amines) is 1. The molecule has 0 bridgehead atoms. The molecule has 2 aliphatic rings. The molecule has 5 nitrogen and oxygen atoms in total. The van der Waals surface area contributed by atoms with E-state index < -0.39 is 17.5 Å². The number of aliphatic carboxylic acids is 1. The topological polar surface area (TPSA) is 66.8 Å². The number of ether oxygens (including phenoxy) is 1. The van der Waals surface area contributed by atoms with Crippen LogP contribution in [0, 0.1) is 11.3 Å². The number of carboxylic acids is 1. The summed E-state index contributed by atoms with van der Waals surface area (Å²) in [6.45, 7) is 4.42. The van der Waals surface area contributed by atoms with Crippen molar-refractivity contribution in [2.24, 2.45) is 11.3 Å². The molecule has 0 aromatic heterocycles. The predicted octanol–water partition coefficient (Wildman–Crippen LogP) is 2.67. The van der Waals surface area contributed by atoms with Crippen molar-refractivity contribution in [1.29, 1.82) is 0 Å². The van der Waals surface area contributed by atoms with Crippen molar-refractivity contribution in [3.63, 3.8) is 0 Å². The minimum Gasteiger partial charge on any atom is -0.481 e. The SMILES string of the molecule is C=CCOC(=O)N1CCC(C(=O)O)(C2CCCCC2)C1. The zero-order valence-corrected chi connectivity index (χ0v) is 11.8. The third kappa shape index (κ3) is 2.81. The first kappa shape index (κ1) is 14.9. The lowest BCUT2D eigenvalue weighted by molar-refractivity contribution is -0.152. The molecule has 112 valence electrons. The van der Waals surface area contributed by atoms with Crippen LogP contribution in [0.1, 0.15) is 38.5 Å². The minimum absolute atomic E-state index is 0.166. The van der Waals surface area contributed by atoms with E-state index in [1.54, 1.807) is 0 Å². The van der Waals surface area contributed by atoms with Crippen LogP contribution in [0.2, 0.25) is 0 Å². The van der Waals surface area contributed by atoms with E-state index in [-0.39, 0.29) is 19.1 Å². The Morgan fingerprint density at radius 2 is 2.05 bits per heavy atom. The number of hydrogen-bond donors (Lipinski definition) is 1. The largest absolute Gasteiger partial charge is 0.481 e. The van der Waals surface area contributed by atoms with Crippen LogP contribution in [-0.2, 0) is 9.53 Å². The van der Waals surface area contributed by atoms with Gasteiger partial charge in [0.15, 0.2) is 0 Å². The van der Waals surface area contributed by atoms with Crippen molar-refractivity contribution in [1.82, 2.24) is 4.90 Å². The lowest BCUT2D eigenvalue weighted by Crippen LogP contribution is -2.43. The molecular formula is C15H23NO4. The third-order valence-corrected chi connectivity index (χ3v) is 4.70. The molecule has 1 N–H and O–H groups in total. The van der Waals surface area contributed by atoms with Gasteiger partial charge in [-0.25, -0.2) is 4.79 Å². The fourth-order valence-electron chi connectivity index (χ4n) is 3.55.